The Morgan fingerprint density at radius 3 is 2.55 bits per heavy atom. The summed E-state index contributed by atoms with van der Waals surface area (Å²) in [6.07, 6.45) is 0. The first-order chi connectivity index (χ1) is 10.6. The molecule has 0 aliphatic rings. The fourth-order valence-electron chi connectivity index (χ4n) is 2.09. The van der Waals surface area contributed by atoms with E-state index in [1.807, 2.05) is 19.1 Å². The lowest BCUT2D eigenvalue weighted by molar-refractivity contribution is 0.311. The van der Waals surface area contributed by atoms with Gasteiger partial charge < -0.3 is 14.8 Å². The molecule has 0 atom stereocenters. The van der Waals surface area contributed by atoms with Crippen molar-refractivity contribution in [2.24, 2.45) is 0 Å². The molecule has 5 heteroatoms. The minimum atomic E-state index is -0.904. The predicted molar refractivity (Wildman–Crippen MR) is 81.3 cm³/mol. The van der Waals surface area contributed by atoms with Gasteiger partial charge in [0.05, 0.1) is 7.11 Å². The van der Waals surface area contributed by atoms with Crippen LogP contribution in [0.3, 0.4) is 0 Å². The summed E-state index contributed by atoms with van der Waals surface area (Å²) in [5, 5.41) is 3.23. The maximum Gasteiger partial charge on any atom is 0.162 e. The number of ether oxygens (including phenoxy) is 2. The van der Waals surface area contributed by atoms with Crippen LogP contribution in [0.5, 0.6) is 11.5 Å². The van der Waals surface area contributed by atoms with Crippen molar-refractivity contribution in [1.29, 1.82) is 0 Å². The van der Waals surface area contributed by atoms with Crippen LogP contribution in [0.4, 0.5) is 8.78 Å². The summed E-state index contributed by atoms with van der Waals surface area (Å²) in [5.41, 5.74) is 2.23. The second-order valence-electron chi connectivity index (χ2n) is 4.91. The summed E-state index contributed by atoms with van der Waals surface area (Å²) in [6.45, 7) is 3.67. The molecule has 22 heavy (non-hydrogen) atoms. The normalized spacial score (nSPS) is 10.5. The summed E-state index contributed by atoms with van der Waals surface area (Å²) < 4.78 is 36.3. The molecule has 0 aromatic heterocycles. The Kier molecular flexibility index (Phi) is 5.72. The minimum Gasteiger partial charge on any atom is -0.496 e. The van der Waals surface area contributed by atoms with Crippen molar-refractivity contribution in [3.8, 4) is 11.5 Å². The lowest BCUT2D eigenvalue weighted by Gasteiger charge is -2.10. The first-order valence-corrected chi connectivity index (χ1v) is 7.02. The molecular formula is C17H19F2NO2. The van der Waals surface area contributed by atoms with Crippen molar-refractivity contribution in [3.63, 3.8) is 0 Å². The Balaban J connectivity index is 1.73. The number of benzene rings is 2. The molecule has 0 saturated heterocycles. The van der Waals surface area contributed by atoms with Crippen molar-refractivity contribution >= 4 is 0 Å². The van der Waals surface area contributed by atoms with Gasteiger partial charge >= 0.3 is 0 Å². The first kappa shape index (κ1) is 16.2. The van der Waals surface area contributed by atoms with Gasteiger partial charge in [0.25, 0.3) is 0 Å². The van der Waals surface area contributed by atoms with Crippen LogP contribution in [-0.4, -0.2) is 20.3 Å². The molecule has 0 unspecified atom stereocenters. The zero-order valence-corrected chi connectivity index (χ0v) is 12.7. The summed E-state index contributed by atoms with van der Waals surface area (Å²) in [6, 6.07) is 9.49. The molecule has 0 spiro atoms. The quantitative estimate of drug-likeness (QED) is 0.795. The second-order valence-corrected chi connectivity index (χ2v) is 4.91. The van der Waals surface area contributed by atoms with E-state index in [4.69, 9.17) is 9.47 Å². The average molecular weight is 307 g/mol. The fraction of sp³-hybridized carbons (Fsp3) is 0.294. The highest BCUT2D eigenvalue weighted by atomic mass is 19.2. The Hall–Kier alpha value is -2.14. The highest BCUT2D eigenvalue weighted by molar-refractivity contribution is 5.36. The minimum absolute atomic E-state index is 0.320. The summed E-state index contributed by atoms with van der Waals surface area (Å²) >= 11 is 0. The maximum atomic E-state index is 13.0. The largest absolute Gasteiger partial charge is 0.496 e. The Bertz CT molecular complexity index is 632. The van der Waals surface area contributed by atoms with E-state index in [2.05, 4.69) is 11.4 Å². The molecule has 0 saturated carbocycles. The topological polar surface area (TPSA) is 30.5 Å². The van der Waals surface area contributed by atoms with Crippen LogP contribution in [0, 0.1) is 18.6 Å². The molecule has 0 aliphatic carbocycles. The molecule has 0 aliphatic heterocycles. The average Bonchev–Trinajstić information content (AvgIpc) is 2.50. The van der Waals surface area contributed by atoms with E-state index in [1.165, 1.54) is 6.07 Å². The Labute approximate surface area is 128 Å². The highest BCUT2D eigenvalue weighted by Crippen LogP contribution is 2.18. The van der Waals surface area contributed by atoms with Gasteiger partial charge in [-0.25, -0.2) is 8.78 Å². The molecule has 0 bridgehead atoms. The number of hydrogen-bond acceptors (Lipinski definition) is 3. The SMILES string of the molecule is COc1ccc(CNCCOc2ccc(F)c(F)c2)cc1C. The lowest BCUT2D eigenvalue weighted by Crippen LogP contribution is -2.20. The standard InChI is InChI=1S/C17H19F2NO2/c1-12-9-13(3-6-17(12)21-2)11-20-7-8-22-14-4-5-15(18)16(19)10-14/h3-6,9-10,20H,7-8,11H2,1-2H3. The Morgan fingerprint density at radius 1 is 1.05 bits per heavy atom. The third kappa shape index (κ3) is 4.43. The summed E-state index contributed by atoms with van der Waals surface area (Å²) in [4.78, 5) is 0. The third-order valence-corrected chi connectivity index (χ3v) is 3.23. The zero-order valence-electron chi connectivity index (χ0n) is 12.7. The van der Waals surface area contributed by atoms with Gasteiger partial charge in [0.15, 0.2) is 11.6 Å². The van der Waals surface area contributed by atoms with Gasteiger partial charge in [0.2, 0.25) is 0 Å². The van der Waals surface area contributed by atoms with Crippen LogP contribution in [0.15, 0.2) is 36.4 Å². The van der Waals surface area contributed by atoms with E-state index in [9.17, 15) is 8.78 Å². The van der Waals surface area contributed by atoms with Gasteiger partial charge in [0, 0.05) is 19.2 Å². The molecule has 0 fully saturated rings. The van der Waals surface area contributed by atoms with E-state index in [0.717, 1.165) is 29.0 Å². The molecule has 2 aromatic carbocycles. The number of methoxy groups -OCH3 is 1. The number of rotatable bonds is 7. The third-order valence-electron chi connectivity index (χ3n) is 3.23. The van der Waals surface area contributed by atoms with Crippen molar-refractivity contribution in [1.82, 2.24) is 5.32 Å². The second kappa shape index (κ2) is 7.75. The molecule has 1 N–H and O–H groups in total. The first-order valence-electron chi connectivity index (χ1n) is 7.02. The van der Waals surface area contributed by atoms with Crippen LogP contribution in [-0.2, 0) is 6.54 Å². The van der Waals surface area contributed by atoms with Crippen molar-refractivity contribution in [2.45, 2.75) is 13.5 Å². The van der Waals surface area contributed by atoms with Gasteiger partial charge in [-0.1, -0.05) is 12.1 Å². The van der Waals surface area contributed by atoms with Crippen LogP contribution in [0.1, 0.15) is 11.1 Å². The highest BCUT2D eigenvalue weighted by Gasteiger charge is 2.03. The number of aryl methyl sites for hydroxylation is 1. The van der Waals surface area contributed by atoms with E-state index in [1.54, 1.807) is 7.11 Å². The molecule has 0 amide bonds. The molecule has 2 rings (SSSR count). The molecule has 0 heterocycles. The summed E-state index contributed by atoms with van der Waals surface area (Å²) in [5.74, 6) is -0.592. The fourth-order valence-corrected chi connectivity index (χ4v) is 2.09. The smallest absolute Gasteiger partial charge is 0.162 e. The summed E-state index contributed by atoms with van der Waals surface area (Å²) in [7, 11) is 1.65. The molecule has 2 aromatic rings. The molecule has 0 radical (unpaired) electrons. The van der Waals surface area contributed by atoms with E-state index in [0.29, 0.717) is 25.4 Å². The van der Waals surface area contributed by atoms with Crippen molar-refractivity contribution < 1.29 is 18.3 Å². The zero-order chi connectivity index (χ0) is 15.9. The van der Waals surface area contributed by atoms with Gasteiger partial charge in [0.1, 0.15) is 18.1 Å². The lowest BCUT2D eigenvalue weighted by atomic mass is 10.1. The monoisotopic (exact) mass is 307 g/mol. The van der Waals surface area contributed by atoms with E-state index < -0.39 is 11.6 Å². The van der Waals surface area contributed by atoms with Gasteiger partial charge in [-0.15, -0.1) is 0 Å². The maximum absolute atomic E-state index is 13.0. The number of nitrogens with one attached hydrogen (secondary N) is 1. The van der Waals surface area contributed by atoms with Crippen molar-refractivity contribution in [2.75, 3.05) is 20.3 Å². The van der Waals surface area contributed by atoms with Gasteiger partial charge in [-0.3, -0.25) is 0 Å². The number of halogens is 2. The van der Waals surface area contributed by atoms with Crippen LogP contribution < -0.4 is 14.8 Å². The van der Waals surface area contributed by atoms with Crippen molar-refractivity contribution in [3.05, 3.63) is 59.2 Å². The molecular weight excluding hydrogens is 288 g/mol. The van der Waals surface area contributed by atoms with Crippen LogP contribution in [0.2, 0.25) is 0 Å². The Morgan fingerprint density at radius 2 is 1.86 bits per heavy atom. The molecule has 118 valence electrons. The van der Waals surface area contributed by atoms with Crippen LogP contribution in [0.25, 0.3) is 0 Å². The van der Waals surface area contributed by atoms with E-state index in [-0.39, 0.29) is 0 Å². The predicted octanol–water partition coefficient (Wildman–Crippen LogP) is 3.45. The molecule has 3 nitrogen and oxygen atoms in total. The van der Waals surface area contributed by atoms with Gasteiger partial charge in [-0.05, 0) is 36.2 Å². The van der Waals surface area contributed by atoms with Crippen LogP contribution >= 0.6 is 0 Å². The van der Waals surface area contributed by atoms with E-state index >= 15 is 0 Å². The number of hydrogen-bond donors (Lipinski definition) is 1. The van der Waals surface area contributed by atoms with Gasteiger partial charge in [-0.2, -0.15) is 0 Å².